The Bertz CT molecular complexity index is 544. The number of aliphatic carboxylic acids is 1. The fourth-order valence-corrected chi connectivity index (χ4v) is 2.50. The van der Waals surface area contributed by atoms with Gasteiger partial charge in [0, 0.05) is 25.4 Å². The van der Waals surface area contributed by atoms with Crippen molar-refractivity contribution in [2.75, 3.05) is 0 Å². The van der Waals surface area contributed by atoms with Crippen LogP contribution >= 0.6 is 23.2 Å². The Morgan fingerprint density at radius 3 is 2.48 bits per heavy atom. The Labute approximate surface area is 133 Å². The van der Waals surface area contributed by atoms with Gasteiger partial charge in [-0.15, -0.1) is 0 Å². The third kappa shape index (κ3) is 4.90. The molecule has 1 saturated carbocycles. The third-order valence-electron chi connectivity index (χ3n) is 3.43. The van der Waals surface area contributed by atoms with Crippen molar-refractivity contribution >= 4 is 35.1 Å². The summed E-state index contributed by atoms with van der Waals surface area (Å²) in [5.74, 6) is -0.866. The Kier molecular flexibility index (Phi) is 5.48. The van der Waals surface area contributed by atoms with Gasteiger partial charge < -0.3 is 10.0 Å². The van der Waals surface area contributed by atoms with Crippen LogP contribution in [0.2, 0.25) is 10.0 Å². The van der Waals surface area contributed by atoms with E-state index in [2.05, 4.69) is 0 Å². The maximum Gasteiger partial charge on any atom is 0.303 e. The molecule has 2 rings (SSSR count). The van der Waals surface area contributed by atoms with Gasteiger partial charge in [-0.05, 0) is 37.0 Å². The lowest BCUT2D eigenvalue weighted by Crippen LogP contribution is -2.32. The Hall–Kier alpha value is -1.26. The van der Waals surface area contributed by atoms with E-state index < -0.39 is 5.97 Å². The monoisotopic (exact) mass is 329 g/mol. The molecule has 1 aromatic rings. The summed E-state index contributed by atoms with van der Waals surface area (Å²) >= 11 is 11.9. The minimum Gasteiger partial charge on any atom is -0.481 e. The number of carboxylic acid groups (broad SMARTS) is 1. The van der Waals surface area contributed by atoms with Gasteiger partial charge in [0.1, 0.15) is 0 Å². The number of amides is 1. The average Bonchev–Trinajstić information content (AvgIpc) is 3.23. The molecule has 0 radical (unpaired) electrons. The highest BCUT2D eigenvalue weighted by Gasteiger charge is 2.32. The summed E-state index contributed by atoms with van der Waals surface area (Å²) in [4.78, 5) is 24.6. The lowest BCUT2D eigenvalue weighted by atomic mass is 10.1. The van der Waals surface area contributed by atoms with Crippen molar-refractivity contribution < 1.29 is 14.7 Å². The number of hydrogen-bond acceptors (Lipinski definition) is 2. The van der Waals surface area contributed by atoms with Crippen molar-refractivity contribution in [3.63, 3.8) is 0 Å². The van der Waals surface area contributed by atoms with Crippen molar-refractivity contribution in [1.29, 1.82) is 0 Å². The summed E-state index contributed by atoms with van der Waals surface area (Å²) in [7, 11) is 0. The second-order valence-corrected chi connectivity index (χ2v) is 6.06. The number of benzene rings is 1. The molecule has 0 atom stereocenters. The van der Waals surface area contributed by atoms with E-state index in [0.717, 1.165) is 18.4 Å². The maximum atomic E-state index is 12.2. The zero-order valence-electron chi connectivity index (χ0n) is 11.5. The maximum absolute atomic E-state index is 12.2. The second-order valence-electron chi connectivity index (χ2n) is 5.25. The summed E-state index contributed by atoms with van der Waals surface area (Å²) in [6.45, 7) is 0.494. The first-order valence-corrected chi connectivity index (χ1v) is 7.68. The first kappa shape index (κ1) is 16.1. The third-order valence-corrected chi connectivity index (χ3v) is 4.17. The molecule has 0 unspecified atom stereocenters. The number of carbonyl (C=O) groups excluding carboxylic acids is 1. The number of carbonyl (C=O) groups is 2. The summed E-state index contributed by atoms with van der Waals surface area (Å²) in [6, 6.07) is 5.62. The fraction of sp³-hybridized carbons (Fsp3) is 0.467. The Balaban J connectivity index is 1.96. The standard InChI is InChI=1S/C15H17Cl2NO3/c16-12-7-4-10(8-13(12)17)9-18(11-5-6-11)14(19)2-1-3-15(20)21/h4,7-8,11H,1-3,5-6,9H2,(H,20,21). The van der Waals surface area contributed by atoms with E-state index in [1.165, 1.54) is 0 Å². The van der Waals surface area contributed by atoms with Crippen LogP contribution in [-0.4, -0.2) is 27.9 Å². The van der Waals surface area contributed by atoms with E-state index >= 15 is 0 Å². The van der Waals surface area contributed by atoms with Gasteiger partial charge in [-0.3, -0.25) is 9.59 Å². The molecular weight excluding hydrogens is 313 g/mol. The minimum atomic E-state index is -0.870. The molecule has 4 nitrogen and oxygen atoms in total. The number of halogens is 2. The SMILES string of the molecule is O=C(O)CCCC(=O)N(Cc1ccc(Cl)c(Cl)c1)C1CC1. The molecule has 0 heterocycles. The predicted molar refractivity (Wildman–Crippen MR) is 81.5 cm³/mol. The first-order chi connectivity index (χ1) is 9.97. The van der Waals surface area contributed by atoms with Crippen LogP contribution in [0.15, 0.2) is 18.2 Å². The van der Waals surface area contributed by atoms with E-state index in [4.69, 9.17) is 28.3 Å². The minimum absolute atomic E-state index is 0.00447. The van der Waals surface area contributed by atoms with E-state index in [1.54, 1.807) is 12.1 Å². The molecule has 1 aliphatic carbocycles. The molecular formula is C15H17Cl2NO3. The van der Waals surface area contributed by atoms with Crippen LogP contribution in [0.4, 0.5) is 0 Å². The smallest absolute Gasteiger partial charge is 0.303 e. The highest BCUT2D eigenvalue weighted by molar-refractivity contribution is 6.42. The summed E-state index contributed by atoms with van der Waals surface area (Å²) in [6.07, 6.45) is 2.68. The lowest BCUT2D eigenvalue weighted by Gasteiger charge is -2.22. The Morgan fingerprint density at radius 1 is 1.19 bits per heavy atom. The van der Waals surface area contributed by atoms with Crippen LogP contribution in [-0.2, 0) is 16.1 Å². The van der Waals surface area contributed by atoms with Crippen LogP contribution in [0.5, 0.6) is 0 Å². The fourth-order valence-electron chi connectivity index (χ4n) is 2.18. The van der Waals surface area contributed by atoms with E-state index in [1.807, 2.05) is 11.0 Å². The highest BCUT2D eigenvalue weighted by Crippen LogP contribution is 2.30. The van der Waals surface area contributed by atoms with Gasteiger partial charge >= 0.3 is 5.97 Å². The first-order valence-electron chi connectivity index (χ1n) is 6.92. The van der Waals surface area contributed by atoms with Crippen molar-refractivity contribution in [3.05, 3.63) is 33.8 Å². The molecule has 0 spiro atoms. The van der Waals surface area contributed by atoms with E-state index in [9.17, 15) is 9.59 Å². The molecule has 0 bridgehead atoms. The van der Waals surface area contributed by atoms with Crippen molar-refractivity contribution in [2.24, 2.45) is 0 Å². The summed E-state index contributed by atoms with van der Waals surface area (Å²) in [5.41, 5.74) is 0.933. The van der Waals surface area contributed by atoms with Crippen molar-refractivity contribution in [2.45, 2.75) is 44.7 Å². The highest BCUT2D eigenvalue weighted by atomic mass is 35.5. The molecule has 6 heteroatoms. The van der Waals surface area contributed by atoms with Crippen molar-refractivity contribution in [3.8, 4) is 0 Å². The van der Waals surface area contributed by atoms with Crippen LogP contribution in [0.1, 0.15) is 37.7 Å². The topological polar surface area (TPSA) is 57.6 Å². The quantitative estimate of drug-likeness (QED) is 0.828. The van der Waals surface area contributed by atoms with Gasteiger partial charge in [-0.25, -0.2) is 0 Å². The Morgan fingerprint density at radius 2 is 1.90 bits per heavy atom. The predicted octanol–water partition coefficient (Wildman–Crippen LogP) is 3.74. The second kappa shape index (κ2) is 7.14. The van der Waals surface area contributed by atoms with Crippen LogP contribution in [0, 0.1) is 0 Å². The number of carboxylic acids is 1. The molecule has 1 N–H and O–H groups in total. The van der Waals surface area contributed by atoms with E-state index in [-0.39, 0.29) is 24.8 Å². The zero-order valence-corrected chi connectivity index (χ0v) is 13.0. The van der Waals surface area contributed by atoms with Crippen LogP contribution in [0.25, 0.3) is 0 Å². The van der Waals surface area contributed by atoms with Gasteiger partial charge in [-0.2, -0.15) is 0 Å². The molecule has 1 amide bonds. The average molecular weight is 330 g/mol. The molecule has 1 aromatic carbocycles. The van der Waals surface area contributed by atoms with Crippen LogP contribution < -0.4 is 0 Å². The van der Waals surface area contributed by atoms with Crippen molar-refractivity contribution in [1.82, 2.24) is 4.90 Å². The van der Waals surface area contributed by atoms with E-state index in [0.29, 0.717) is 23.0 Å². The van der Waals surface area contributed by atoms with Gasteiger partial charge in [-0.1, -0.05) is 29.3 Å². The summed E-state index contributed by atoms with van der Waals surface area (Å²) in [5, 5.41) is 9.59. The molecule has 1 fully saturated rings. The largest absolute Gasteiger partial charge is 0.481 e. The molecule has 0 aliphatic heterocycles. The lowest BCUT2D eigenvalue weighted by molar-refractivity contribution is -0.137. The normalized spacial score (nSPS) is 14.0. The molecule has 1 aliphatic rings. The van der Waals surface area contributed by atoms with Gasteiger partial charge in [0.2, 0.25) is 5.91 Å². The number of hydrogen-bond donors (Lipinski definition) is 1. The molecule has 0 saturated heterocycles. The van der Waals surface area contributed by atoms with Gasteiger partial charge in [0.25, 0.3) is 0 Å². The molecule has 0 aromatic heterocycles. The number of rotatable bonds is 7. The van der Waals surface area contributed by atoms with Crippen LogP contribution in [0.3, 0.4) is 0 Å². The number of nitrogens with zero attached hydrogens (tertiary/aromatic N) is 1. The summed E-state index contributed by atoms with van der Waals surface area (Å²) < 4.78 is 0. The molecule has 21 heavy (non-hydrogen) atoms. The molecule has 114 valence electrons. The zero-order chi connectivity index (χ0) is 15.4. The van der Waals surface area contributed by atoms with Gasteiger partial charge in [0.05, 0.1) is 10.0 Å². The van der Waals surface area contributed by atoms with Gasteiger partial charge in [0.15, 0.2) is 0 Å².